The molecule has 0 fully saturated rings. The molecule has 2 heterocycles. The van der Waals surface area contributed by atoms with Crippen LogP contribution in [0.4, 0.5) is 0 Å². The van der Waals surface area contributed by atoms with Crippen LogP contribution < -0.4 is 10.9 Å². The van der Waals surface area contributed by atoms with Crippen molar-refractivity contribution in [1.82, 2.24) is 14.9 Å². The SMILES string of the molecule is CCc1[nH]c2ccc(CNC(=O)Cn3ccccc3=O)cc2c1C. The Labute approximate surface area is 140 Å². The number of benzene rings is 1. The molecule has 2 N–H and O–H groups in total. The van der Waals surface area contributed by atoms with Crippen molar-refractivity contribution in [3.05, 3.63) is 69.8 Å². The fourth-order valence-corrected chi connectivity index (χ4v) is 2.90. The summed E-state index contributed by atoms with van der Waals surface area (Å²) in [4.78, 5) is 27.1. The van der Waals surface area contributed by atoms with Gasteiger partial charge in [0.2, 0.25) is 5.91 Å². The number of H-pyrrole nitrogens is 1. The minimum Gasteiger partial charge on any atom is -0.358 e. The number of hydrogen-bond donors (Lipinski definition) is 2. The Morgan fingerprint density at radius 2 is 2.08 bits per heavy atom. The first-order chi connectivity index (χ1) is 11.6. The maximum atomic E-state index is 12.0. The predicted molar refractivity (Wildman–Crippen MR) is 95.0 cm³/mol. The number of aromatic nitrogens is 2. The van der Waals surface area contributed by atoms with Crippen molar-refractivity contribution in [2.45, 2.75) is 33.4 Å². The van der Waals surface area contributed by atoms with E-state index < -0.39 is 0 Å². The Morgan fingerprint density at radius 3 is 2.83 bits per heavy atom. The van der Waals surface area contributed by atoms with Gasteiger partial charge in [0.1, 0.15) is 6.54 Å². The van der Waals surface area contributed by atoms with Gasteiger partial charge < -0.3 is 14.9 Å². The molecule has 0 bridgehead atoms. The van der Waals surface area contributed by atoms with E-state index in [0.29, 0.717) is 6.54 Å². The highest BCUT2D eigenvalue weighted by atomic mass is 16.2. The molecular formula is C19H21N3O2. The summed E-state index contributed by atoms with van der Waals surface area (Å²) in [7, 11) is 0. The minimum atomic E-state index is -0.177. The zero-order chi connectivity index (χ0) is 17.1. The van der Waals surface area contributed by atoms with E-state index in [4.69, 9.17) is 0 Å². The van der Waals surface area contributed by atoms with Crippen LogP contribution in [0.2, 0.25) is 0 Å². The highest BCUT2D eigenvalue weighted by Gasteiger charge is 2.08. The van der Waals surface area contributed by atoms with E-state index in [9.17, 15) is 9.59 Å². The van der Waals surface area contributed by atoms with Crippen molar-refractivity contribution in [2.75, 3.05) is 0 Å². The summed E-state index contributed by atoms with van der Waals surface area (Å²) in [6.45, 7) is 4.72. The quantitative estimate of drug-likeness (QED) is 0.757. The molecule has 3 aromatic rings. The van der Waals surface area contributed by atoms with Crippen LogP contribution in [0, 0.1) is 6.92 Å². The molecule has 0 aliphatic heterocycles. The van der Waals surface area contributed by atoms with Gasteiger partial charge >= 0.3 is 0 Å². The fraction of sp³-hybridized carbons (Fsp3) is 0.263. The molecule has 1 amide bonds. The Hall–Kier alpha value is -2.82. The maximum absolute atomic E-state index is 12.0. The summed E-state index contributed by atoms with van der Waals surface area (Å²) in [6.07, 6.45) is 2.59. The van der Waals surface area contributed by atoms with Crippen LogP contribution in [-0.2, 0) is 24.3 Å². The molecule has 0 saturated heterocycles. The maximum Gasteiger partial charge on any atom is 0.250 e. The van der Waals surface area contributed by atoms with E-state index >= 15 is 0 Å². The van der Waals surface area contributed by atoms with Crippen molar-refractivity contribution < 1.29 is 4.79 Å². The third-order valence-electron chi connectivity index (χ3n) is 4.28. The fourth-order valence-electron chi connectivity index (χ4n) is 2.90. The molecule has 5 nitrogen and oxygen atoms in total. The lowest BCUT2D eigenvalue weighted by molar-refractivity contribution is -0.121. The number of carbonyl (C=O) groups excluding carboxylic acids is 1. The van der Waals surface area contributed by atoms with Crippen LogP contribution in [0.1, 0.15) is 23.7 Å². The molecule has 2 aromatic heterocycles. The molecule has 0 unspecified atom stereocenters. The van der Waals surface area contributed by atoms with Gasteiger partial charge in [-0.05, 0) is 42.7 Å². The van der Waals surface area contributed by atoms with Crippen LogP contribution in [0.15, 0.2) is 47.4 Å². The van der Waals surface area contributed by atoms with Crippen LogP contribution in [0.5, 0.6) is 0 Å². The Morgan fingerprint density at radius 1 is 1.25 bits per heavy atom. The predicted octanol–water partition coefficient (Wildman–Crippen LogP) is 2.52. The summed E-state index contributed by atoms with van der Waals surface area (Å²) in [6, 6.07) is 11.0. The van der Waals surface area contributed by atoms with Crippen LogP contribution in [0.25, 0.3) is 10.9 Å². The third kappa shape index (κ3) is 3.25. The highest BCUT2D eigenvalue weighted by Crippen LogP contribution is 2.23. The molecule has 0 aliphatic carbocycles. The second kappa shape index (κ2) is 6.74. The largest absolute Gasteiger partial charge is 0.358 e. The third-order valence-corrected chi connectivity index (χ3v) is 4.28. The monoisotopic (exact) mass is 323 g/mol. The summed E-state index contributed by atoms with van der Waals surface area (Å²) in [5, 5.41) is 4.06. The number of pyridine rings is 1. The van der Waals surface area contributed by atoms with Gasteiger partial charge in [-0.3, -0.25) is 9.59 Å². The van der Waals surface area contributed by atoms with E-state index in [1.165, 1.54) is 27.3 Å². The lowest BCUT2D eigenvalue weighted by Gasteiger charge is -2.07. The van der Waals surface area contributed by atoms with Crippen LogP contribution in [-0.4, -0.2) is 15.5 Å². The summed E-state index contributed by atoms with van der Waals surface area (Å²) in [5.74, 6) is -0.177. The number of rotatable bonds is 5. The number of hydrogen-bond acceptors (Lipinski definition) is 2. The normalized spacial score (nSPS) is 10.9. The standard InChI is InChI=1S/C19H21N3O2/c1-3-16-13(2)15-10-14(7-8-17(15)21-16)11-20-18(23)12-22-9-5-4-6-19(22)24/h4-10,21H,3,11-12H2,1-2H3,(H,20,23). The van der Waals surface area contributed by atoms with E-state index in [1.54, 1.807) is 18.3 Å². The van der Waals surface area contributed by atoms with Gasteiger partial charge in [0.25, 0.3) is 5.56 Å². The van der Waals surface area contributed by atoms with Gasteiger partial charge in [0.05, 0.1) is 0 Å². The number of amides is 1. The summed E-state index contributed by atoms with van der Waals surface area (Å²) >= 11 is 0. The molecule has 0 aliphatic rings. The lowest BCUT2D eigenvalue weighted by atomic mass is 10.1. The Kier molecular flexibility index (Phi) is 4.51. The first-order valence-electron chi connectivity index (χ1n) is 8.10. The second-order valence-electron chi connectivity index (χ2n) is 5.91. The molecule has 3 rings (SSSR count). The highest BCUT2D eigenvalue weighted by molar-refractivity contribution is 5.85. The van der Waals surface area contributed by atoms with Gasteiger partial charge in [0.15, 0.2) is 0 Å². The second-order valence-corrected chi connectivity index (χ2v) is 5.91. The van der Waals surface area contributed by atoms with E-state index in [1.807, 2.05) is 12.1 Å². The van der Waals surface area contributed by atoms with Crippen molar-refractivity contribution in [3.63, 3.8) is 0 Å². The first kappa shape index (κ1) is 16.1. The van der Waals surface area contributed by atoms with Crippen LogP contribution >= 0.6 is 0 Å². The number of carbonyl (C=O) groups is 1. The zero-order valence-electron chi connectivity index (χ0n) is 13.9. The van der Waals surface area contributed by atoms with Gasteiger partial charge in [-0.2, -0.15) is 0 Å². The van der Waals surface area contributed by atoms with Gasteiger partial charge in [-0.25, -0.2) is 0 Å². The molecule has 0 saturated carbocycles. The van der Waals surface area contributed by atoms with Crippen molar-refractivity contribution in [2.24, 2.45) is 0 Å². The summed E-state index contributed by atoms with van der Waals surface area (Å²) in [5.41, 5.74) is 4.49. The first-order valence-corrected chi connectivity index (χ1v) is 8.10. The molecule has 5 heteroatoms. The van der Waals surface area contributed by atoms with Gasteiger partial charge in [0, 0.05) is 35.4 Å². The topological polar surface area (TPSA) is 66.9 Å². The minimum absolute atomic E-state index is 0.0328. The molecule has 0 radical (unpaired) electrons. The number of fused-ring (bicyclic) bond motifs is 1. The molecular weight excluding hydrogens is 302 g/mol. The smallest absolute Gasteiger partial charge is 0.250 e. The van der Waals surface area contributed by atoms with Crippen molar-refractivity contribution in [3.8, 4) is 0 Å². The average Bonchev–Trinajstić information content (AvgIpc) is 2.91. The molecule has 124 valence electrons. The number of nitrogens with one attached hydrogen (secondary N) is 2. The van der Waals surface area contributed by atoms with Gasteiger partial charge in [-0.1, -0.05) is 19.1 Å². The van der Waals surface area contributed by atoms with Crippen molar-refractivity contribution >= 4 is 16.8 Å². The van der Waals surface area contributed by atoms with Crippen molar-refractivity contribution in [1.29, 1.82) is 0 Å². The summed E-state index contributed by atoms with van der Waals surface area (Å²) < 4.78 is 1.39. The Bertz CT molecular complexity index is 937. The van der Waals surface area contributed by atoms with Gasteiger partial charge in [-0.15, -0.1) is 0 Å². The van der Waals surface area contributed by atoms with E-state index in [0.717, 1.165) is 17.5 Å². The number of nitrogens with zero attached hydrogens (tertiary/aromatic N) is 1. The molecule has 0 spiro atoms. The van der Waals surface area contributed by atoms with Crippen LogP contribution in [0.3, 0.4) is 0 Å². The van der Waals surface area contributed by atoms with E-state index in [2.05, 4.69) is 30.2 Å². The average molecular weight is 323 g/mol. The van der Waals surface area contributed by atoms with E-state index in [-0.39, 0.29) is 18.0 Å². The number of aromatic amines is 1. The molecule has 0 atom stereocenters. The Balaban J connectivity index is 1.69. The molecule has 1 aromatic carbocycles. The number of aryl methyl sites for hydroxylation is 2. The molecule has 24 heavy (non-hydrogen) atoms. The lowest BCUT2D eigenvalue weighted by Crippen LogP contribution is -2.31. The zero-order valence-corrected chi connectivity index (χ0v) is 13.9.